The molecule has 2 rings (SSSR count). The smallest absolute Gasteiger partial charge is 0.376 e. The number of benzene rings is 1. The number of rotatable bonds is 3. The molecule has 3 nitrogen and oxygen atoms in total. The minimum atomic E-state index is -4.91. The van der Waals surface area contributed by atoms with Crippen LogP contribution in [0.3, 0.4) is 0 Å². The molecule has 1 N–H and O–H groups in total. The third-order valence-electron chi connectivity index (χ3n) is 4.15. The normalized spacial score (nSPS) is 19.0. The van der Waals surface area contributed by atoms with Crippen LogP contribution in [-0.2, 0) is 17.1 Å². The molecule has 1 heterocycles. The van der Waals surface area contributed by atoms with E-state index in [1.807, 2.05) is 6.92 Å². The zero-order valence-corrected chi connectivity index (χ0v) is 13.5. The van der Waals surface area contributed by atoms with Crippen molar-refractivity contribution >= 4 is 11.6 Å². The molecule has 140 valence electrons. The number of hydrogen-bond donors (Lipinski definition) is 1. The number of halogens is 6. The van der Waals surface area contributed by atoms with Gasteiger partial charge in [0.25, 0.3) is 0 Å². The maximum absolute atomic E-state index is 12.8. The molecule has 0 saturated carbocycles. The molecule has 0 aliphatic carbocycles. The van der Waals surface area contributed by atoms with Gasteiger partial charge in [-0.15, -0.1) is 0 Å². The average Bonchev–Trinajstić information content (AvgIpc) is 2.51. The predicted molar refractivity (Wildman–Crippen MR) is 80.0 cm³/mol. The van der Waals surface area contributed by atoms with Crippen LogP contribution in [0.5, 0.6) is 0 Å². The highest BCUT2D eigenvalue weighted by atomic mass is 19.4. The van der Waals surface area contributed by atoms with Gasteiger partial charge in [0, 0.05) is 18.3 Å². The van der Waals surface area contributed by atoms with Gasteiger partial charge in [-0.1, -0.05) is 0 Å². The van der Waals surface area contributed by atoms with E-state index < -0.39 is 23.5 Å². The van der Waals surface area contributed by atoms with Crippen molar-refractivity contribution in [1.82, 2.24) is 4.90 Å². The second-order valence-electron chi connectivity index (χ2n) is 6.08. The number of alkyl halides is 6. The SMILES string of the molecule is CC1CCCCN1C(=O)CNc1cc(C(F)(F)F)cc(C(F)(F)F)c1. The Balaban J connectivity index is 2.16. The molecule has 1 saturated heterocycles. The zero-order chi connectivity index (χ0) is 18.8. The lowest BCUT2D eigenvalue weighted by Crippen LogP contribution is -2.44. The summed E-state index contributed by atoms with van der Waals surface area (Å²) in [7, 11) is 0. The Morgan fingerprint density at radius 3 is 2.12 bits per heavy atom. The molecule has 1 unspecified atom stereocenters. The number of piperidine rings is 1. The van der Waals surface area contributed by atoms with Gasteiger partial charge in [-0.05, 0) is 44.4 Å². The summed E-state index contributed by atoms with van der Waals surface area (Å²) in [5.74, 6) is -0.349. The van der Waals surface area contributed by atoms with Gasteiger partial charge >= 0.3 is 12.4 Å². The van der Waals surface area contributed by atoms with E-state index in [-0.39, 0.29) is 30.2 Å². The number of hydrogen-bond acceptors (Lipinski definition) is 2. The van der Waals surface area contributed by atoms with Crippen LogP contribution in [0.1, 0.15) is 37.3 Å². The molecule has 1 aromatic carbocycles. The minimum absolute atomic E-state index is 0.00953. The monoisotopic (exact) mass is 368 g/mol. The molecule has 0 aromatic heterocycles. The van der Waals surface area contributed by atoms with Crippen molar-refractivity contribution < 1.29 is 31.1 Å². The number of nitrogens with zero attached hydrogens (tertiary/aromatic N) is 1. The highest BCUT2D eigenvalue weighted by molar-refractivity contribution is 5.81. The second-order valence-corrected chi connectivity index (χ2v) is 6.08. The molecule has 0 bridgehead atoms. The predicted octanol–water partition coefficient (Wildman–Crippen LogP) is 4.54. The topological polar surface area (TPSA) is 32.3 Å². The Kier molecular flexibility index (Phi) is 5.53. The van der Waals surface area contributed by atoms with E-state index >= 15 is 0 Å². The van der Waals surface area contributed by atoms with Crippen molar-refractivity contribution in [1.29, 1.82) is 0 Å². The number of nitrogens with one attached hydrogen (secondary N) is 1. The molecule has 1 atom stereocenters. The van der Waals surface area contributed by atoms with Crippen molar-refractivity contribution in [3.05, 3.63) is 29.3 Å². The summed E-state index contributed by atoms with van der Waals surface area (Å²) in [6.07, 6.45) is -7.18. The molecule has 25 heavy (non-hydrogen) atoms. The molecular formula is C16H18F6N2O. The van der Waals surface area contributed by atoms with Gasteiger partial charge < -0.3 is 10.2 Å². The number of carbonyl (C=O) groups is 1. The fourth-order valence-electron chi connectivity index (χ4n) is 2.80. The first-order chi connectivity index (χ1) is 11.5. The van der Waals surface area contributed by atoms with Crippen molar-refractivity contribution in [3.8, 4) is 0 Å². The van der Waals surface area contributed by atoms with Gasteiger partial charge in [0.2, 0.25) is 5.91 Å². The van der Waals surface area contributed by atoms with Gasteiger partial charge in [-0.3, -0.25) is 4.79 Å². The number of amides is 1. The van der Waals surface area contributed by atoms with Crippen molar-refractivity contribution in [2.24, 2.45) is 0 Å². The van der Waals surface area contributed by atoms with Crippen molar-refractivity contribution in [2.45, 2.75) is 44.6 Å². The highest BCUT2D eigenvalue weighted by Gasteiger charge is 2.37. The van der Waals surface area contributed by atoms with E-state index in [1.54, 1.807) is 4.90 Å². The summed E-state index contributed by atoms with van der Waals surface area (Å²) in [6.45, 7) is 2.05. The maximum atomic E-state index is 12.8. The van der Waals surface area contributed by atoms with Crippen LogP contribution >= 0.6 is 0 Å². The Labute approximate surface area is 141 Å². The van der Waals surface area contributed by atoms with Crippen LogP contribution in [-0.4, -0.2) is 29.9 Å². The average molecular weight is 368 g/mol. The zero-order valence-electron chi connectivity index (χ0n) is 13.5. The molecule has 1 aliphatic rings. The lowest BCUT2D eigenvalue weighted by Gasteiger charge is -2.33. The van der Waals surface area contributed by atoms with E-state index in [2.05, 4.69) is 5.32 Å². The fourth-order valence-corrected chi connectivity index (χ4v) is 2.80. The summed E-state index contributed by atoms with van der Waals surface area (Å²) in [4.78, 5) is 13.8. The Bertz CT molecular complexity index is 594. The van der Waals surface area contributed by atoms with Crippen LogP contribution < -0.4 is 5.32 Å². The lowest BCUT2D eigenvalue weighted by molar-refractivity contribution is -0.143. The molecule has 0 spiro atoms. The maximum Gasteiger partial charge on any atom is 0.416 e. The number of carbonyl (C=O) groups excluding carboxylic acids is 1. The van der Waals surface area contributed by atoms with Crippen LogP contribution in [0, 0.1) is 0 Å². The summed E-state index contributed by atoms with van der Waals surface area (Å²) in [6, 6.07) is 1.21. The van der Waals surface area contributed by atoms with E-state index in [0.29, 0.717) is 18.7 Å². The second kappa shape index (κ2) is 7.13. The standard InChI is InChI=1S/C16H18F6N2O/c1-10-4-2-3-5-24(10)14(25)9-23-13-7-11(15(17,18)19)6-12(8-13)16(20,21)22/h6-8,10,23H,2-5,9H2,1H3. The lowest BCUT2D eigenvalue weighted by atomic mass is 10.0. The fraction of sp³-hybridized carbons (Fsp3) is 0.562. The van der Waals surface area contributed by atoms with Crippen molar-refractivity contribution in [3.63, 3.8) is 0 Å². The summed E-state index contributed by atoms with van der Waals surface area (Å²) >= 11 is 0. The van der Waals surface area contributed by atoms with Crippen LogP contribution in [0.2, 0.25) is 0 Å². The molecule has 1 amide bonds. The van der Waals surface area contributed by atoms with Gasteiger partial charge in [-0.2, -0.15) is 26.3 Å². The van der Waals surface area contributed by atoms with Crippen LogP contribution in [0.4, 0.5) is 32.0 Å². The Hall–Kier alpha value is -1.93. The number of anilines is 1. The van der Waals surface area contributed by atoms with Gasteiger partial charge in [0.1, 0.15) is 0 Å². The van der Waals surface area contributed by atoms with Crippen LogP contribution in [0.25, 0.3) is 0 Å². The first-order valence-corrected chi connectivity index (χ1v) is 7.81. The molecule has 9 heteroatoms. The van der Waals surface area contributed by atoms with E-state index in [1.165, 1.54) is 0 Å². The van der Waals surface area contributed by atoms with Crippen LogP contribution in [0.15, 0.2) is 18.2 Å². The molecule has 1 fully saturated rings. The first-order valence-electron chi connectivity index (χ1n) is 7.81. The number of likely N-dealkylation sites (tertiary alicyclic amines) is 1. The van der Waals surface area contributed by atoms with Crippen molar-refractivity contribution in [2.75, 3.05) is 18.4 Å². The summed E-state index contributed by atoms with van der Waals surface area (Å²) < 4.78 is 76.8. The molecular weight excluding hydrogens is 350 g/mol. The van der Waals surface area contributed by atoms with Gasteiger partial charge in [0.15, 0.2) is 0 Å². The van der Waals surface area contributed by atoms with E-state index in [9.17, 15) is 31.1 Å². The minimum Gasteiger partial charge on any atom is -0.376 e. The molecule has 1 aliphatic heterocycles. The third-order valence-corrected chi connectivity index (χ3v) is 4.15. The van der Waals surface area contributed by atoms with E-state index in [4.69, 9.17) is 0 Å². The summed E-state index contributed by atoms with van der Waals surface area (Å²) in [5, 5.41) is 2.40. The Morgan fingerprint density at radius 2 is 1.64 bits per heavy atom. The van der Waals surface area contributed by atoms with Gasteiger partial charge in [-0.25, -0.2) is 0 Å². The first kappa shape index (κ1) is 19.4. The molecule has 1 aromatic rings. The largest absolute Gasteiger partial charge is 0.416 e. The van der Waals surface area contributed by atoms with E-state index in [0.717, 1.165) is 19.3 Å². The summed E-state index contributed by atoms with van der Waals surface area (Å²) in [5.41, 5.74) is -3.22. The third kappa shape index (κ3) is 5.02. The molecule has 0 radical (unpaired) electrons. The van der Waals surface area contributed by atoms with Gasteiger partial charge in [0.05, 0.1) is 17.7 Å². The quantitative estimate of drug-likeness (QED) is 0.795. The Morgan fingerprint density at radius 1 is 1.08 bits per heavy atom. The highest BCUT2D eigenvalue weighted by Crippen LogP contribution is 2.37.